The Morgan fingerprint density at radius 1 is 0.387 bits per heavy atom. The molecule has 0 N–H and O–H groups in total. The number of nitrogens with zero attached hydrogens (tertiary/aromatic N) is 1. The van der Waals surface area contributed by atoms with E-state index < -0.39 is 0 Å². The van der Waals surface area contributed by atoms with E-state index in [1.165, 1.54) is 60.9 Å². The minimum absolute atomic E-state index is 1.22. The summed E-state index contributed by atoms with van der Waals surface area (Å²) < 4.78 is 2.36. The molecule has 0 aliphatic rings. The fraction of sp³-hybridized carbons (Fsp3) is 0.200. The predicted molar refractivity (Wildman–Crippen MR) is 136 cm³/mol. The van der Waals surface area contributed by atoms with Crippen LogP contribution in [-0.4, -0.2) is 4.57 Å². The molecule has 0 aliphatic carbocycles. The third-order valence-electron chi connectivity index (χ3n) is 5.73. The Morgan fingerprint density at radius 2 is 0.774 bits per heavy atom. The third kappa shape index (κ3) is 4.41. The molecule has 1 heteroatoms. The van der Waals surface area contributed by atoms with Gasteiger partial charge in [0.1, 0.15) is 0 Å². The molecule has 0 saturated heterocycles. The summed E-state index contributed by atoms with van der Waals surface area (Å²) in [6.45, 7) is 12.8. The van der Waals surface area contributed by atoms with Gasteiger partial charge in [-0.05, 0) is 77.9 Å². The average molecular weight is 406 g/mol. The maximum absolute atomic E-state index is 2.36. The van der Waals surface area contributed by atoms with Crippen molar-refractivity contribution in [1.82, 2.24) is 4.57 Å². The molecular weight excluding hydrogens is 374 g/mol. The van der Waals surface area contributed by atoms with E-state index in [1.807, 2.05) is 0 Å². The number of aryl methyl sites for hydroxylation is 6. The molecule has 0 radical (unpaired) electrons. The van der Waals surface area contributed by atoms with E-state index in [0.29, 0.717) is 0 Å². The highest BCUT2D eigenvalue weighted by Gasteiger charge is 2.12. The van der Waals surface area contributed by atoms with Crippen molar-refractivity contribution in [3.05, 3.63) is 112 Å². The first-order valence-corrected chi connectivity index (χ1v) is 11.0. The fourth-order valence-electron chi connectivity index (χ4n) is 4.43. The second-order valence-corrected chi connectivity index (χ2v) is 8.88. The Bertz CT molecular complexity index is 1260. The van der Waals surface area contributed by atoms with Gasteiger partial charge in [-0.2, -0.15) is 0 Å². The van der Waals surface area contributed by atoms with Crippen molar-refractivity contribution >= 4 is 21.8 Å². The Kier molecular flexibility index (Phi) is 5.69. The van der Waals surface area contributed by atoms with Crippen molar-refractivity contribution in [3.63, 3.8) is 0 Å². The standard InChI is InChI=1S/C21H19N.C9H12/c1-14-4-8-17(9-5-14)22-20-10-6-15(2)12-18(20)19-13-16(3)7-11-21(19)22;1-7-4-8(2)6-9(3)5-7/h4-13H,1-3H3;4-6H,1-3H3. The first kappa shape index (κ1) is 20.9. The Labute approximate surface area is 186 Å². The second kappa shape index (κ2) is 8.43. The van der Waals surface area contributed by atoms with Crippen molar-refractivity contribution in [1.29, 1.82) is 0 Å². The second-order valence-electron chi connectivity index (χ2n) is 8.88. The van der Waals surface area contributed by atoms with Crippen LogP contribution in [0, 0.1) is 41.5 Å². The van der Waals surface area contributed by atoms with Crippen LogP contribution < -0.4 is 0 Å². The molecule has 0 aliphatic heterocycles. The van der Waals surface area contributed by atoms with Gasteiger partial charge in [-0.3, -0.25) is 0 Å². The van der Waals surface area contributed by atoms with Gasteiger partial charge in [0.2, 0.25) is 0 Å². The predicted octanol–water partition coefficient (Wildman–Crippen LogP) is 8.32. The van der Waals surface area contributed by atoms with E-state index in [0.717, 1.165) is 0 Å². The quantitative estimate of drug-likeness (QED) is 0.264. The number of hydrogen-bond acceptors (Lipinski definition) is 0. The molecular formula is C30H31N. The molecule has 31 heavy (non-hydrogen) atoms. The van der Waals surface area contributed by atoms with Gasteiger partial charge in [0.25, 0.3) is 0 Å². The lowest BCUT2D eigenvalue weighted by atomic mass is 10.1. The normalized spacial score (nSPS) is 10.9. The minimum atomic E-state index is 1.22. The van der Waals surface area contributed by atoms with Crippen LogP contribution in [0.3, 0.4) is 0 Å². The average Bonchev–Trinajstić information content (AvgIpc) is 3.01. The topological polar surface area (TPSA) is 4.93 Å². The summed E-state index contributed by atoms with van der Waals surface area (Å²) >= 11 is 0. The lowest BCUT2D eigenvalue weighted by molar-refractivity contribution is 1.17. The van der Waals surface area contributed by atoms with E-state index in [4.69, 9.17) is 0 Å². The van der Waals surface area contributed by atoms with E-state index in [9.17, 15) is 0 Å². The van der Waals surface area contributed by atoms with Crippen LogP contribution in [0.25, 0.3) is 27.5 Å². The SMILES string of the molecule is Cc1cc(C)cc(C)c1.Cc1ccc(-n2c3ccc(C)cc3c3cc(C)ccc32)cc1. The summed E-state index contributed by atoms with van der Waals surface area (Å²) in [4.78, 5) is 0. The van der Waals surface area contributed by atoms with E-state index >= 15 is 0 Å². The summed E-state index contributed by atoms with van der Waals surface area (Å²) in [6.07, 6.45) is 0. The van der Waals surface area contributed by atoms with Crippen LogP contribution in [0.2, 0.25) is 0 Å². The lowest BCUT2D eigenvalue weighted by Gasteiger charge is -2.08. The molecule has 1 aromatic heterocycles. The number of fused-ring (bicyclic) bond motifs is 3. The molecule has 0 amide bonds. The molecule has 4 aromatic carbocycles. The van der Waals surface area contributed by atoms with Crippen LogP contribution in [0.5, 0.6) is 0 Å². The van der Waals surface area contributed by atoms with Crippen LogP contribution in [0.1, 0.15) is 33.4 Å². The highest BCUT2D eigenvalue weighted by Crippen LogP contribution is 2.33. The zero-order valence-corrected chi connectivity index (χ0v) is 19.5. The zero-order valence-electron chi connectivity index (χ0n) is 19.5. The van der Waals surface area contributed by atoms with Gasteiger partial charge in [0.15, 0.2) is 0 Å². The highest BCUT2D eigenvalue weighted by atomic mass is 15.0. The molecule has 1 nitrogen and oxygen atoms in total. The van der Waals surface area contributed by atoms with Gasteiger partial charge >= 0.3 is 0 Å². The molecule has 156 valence electrons. The number of hydrogen-bond donors (Lipinski definition) is 0. The smallest absolute Gasteiger partial charge is 0.0541 e. The van der Waals surface area contributed by atoms with Gasteiger partial charge in [-0.25, -0.2) is 0 Å². The minimum Gasteiger partial charge on any atom is -0.309 e. The highest BCUT2D eigenvalue weighted by molar-refractivity contribution is 6.09. The van der Waals surface area contributed by atoms with Crippen molar-refractivity contribution in [2.75, 3.05) is 0 Å². The Morgan fingerprint density at radius 3 is 1.19 bits per heavy atom. The monoisotopic (exact) mass is 405 g/mol. The van der Waals surface area contributed by atoms with Gasteiger partial charge in [0, 0.05) is 16.5 Å². The van der Waals surface area contributed by atoms with Crippen molar-refractivity contribution in [2.45, 2.75) is 41.5 Å². The van der Waals surface area contributed by atoms with E-state index in [1.54, 1.807) is 0 Å². The lowest BCUT2D eigenvalue weighted by Crippen LogP contribution is -1.93. The van der Waals surface area contributed by atoms with Gasteiger partial charge in [-0.1, -0.05) is 75.8 Å². The third-order valence-corrected chi connectivity index (χ3v) is 5.73. The molecule has 0 bridgehead atoms. The first-order chi connectivity index (χ1) is 14.8. The number of benzene rings is 4. The summed E-state index contributed by atoms with van der Waals surface area (Å²) in [5.41, 5.74) is 11.7. The largest absolute Gasteiger partial charge is 0.309 e. The summed E-state index contributed by atoms with van der Waals surface area (Å²) in [5, 5.41) is 2.67. The molecule has 0 atom stereocenters. The fourth-order valence-corrected chi connectivity index (χ4v) is 4.43. The maximum atomic E-state index is 2.36. The molecule has 0 fully saturated rings. The first-order valence-electron chi connectivity index (χ1n) is 11.0. The Hall–Kier alpha value is -3.32. The van der Waals surface area contributed by atoms with Crippen molar-refractivity contribution in [2.24, 2.45) is 0 Å². The van der Waals surface area contributed by atoms with E-state index in [-0.39, 0.29) is 0 Å². The van der Waals surface area contributed by atoms with E-state index in [2.05, 4.69) is 125 Å². The number of rotatable bonds is 1. The Balaban J connectivity index is 0.000000217. The van der Waals surface area contributed by atoms with Crippen LogP contribution in [-0.2, 0) is 0 Å². The molecule has 0 spiro atoms. The van der Waals surface area contributed by atoms with Gasteiger partial charge < -0.3 is 4.57 Å². The van der Waals surface area contributed by atoms with Crippen molar-refractivity contribution < 1.29 is 0 Å². The molecule has 5 rings (SSSR count). The summed E-state index contributed by atoms with van der Waals surface area (Å²) in [5.74, 6) is 0. The molecule has 1 heterocycles. The molecule has 0 unspecified atom stereocenters. The maximum Gasteiger partial charge on any atom is 0.0541 e. The summed E-state index contributed by atoms with van der Waals surface area (Å²) in [7, 11) is 0. The van der Waals surface area contributed by atoms with Crippen LogP contribution in [0.4, 0.5) is 0 Å². The number of aromatic nitrogens is 1. The zero-order chi connectivity index (χ0) is 22.1. The van der Waals surface area contributed by atoms with Gasteiger partial charge in [0.05, 0.1) is 11.0 Å². The van der Waals surface area contributed by atoms with Crippen LogP contribution in [0.15, 0.2) is 78.9 Å². The molecule has 5 aromatic rings. The summed E-state index contributed by atoms with van der Waals surface area (Å²) in [6, 6.07) is 28.8. The van der Waals surface area contributed by atoms with Crippen LogP contribution >= 0.6 is 0 Å². The van der Waals surface area contributed by atoms with Crippen molar-refractivity contribution in [3.8, 4) is 5.69 Å². The molecule has 0 saturated carbocycles. The van der Waals surface area contributed by atoms with Gasteiger partial charge in [-0.15, -0.1) is 0 Å².